The lowest BCUT2D eigenvalue weighted by molar-refractivity contribution is -0.118. The molecule has 0 aliphatic carbocycles. The molecule has 23 heavy (non-hydrogen) atoms. The summed E-state index contributed by atoms with van der Waals surface area (Å²) in [5.41, 5.74) is 0.498. The van der Waals surface area contributed by atoms with Crippen LogP contribution in [-0.4, -0.2) is 12.5 Å². The first-order chi connectivity index (χ1) is 11.1. The number of carbonyl (C=O) groups excluding carboxylic acids is 1. The zero-order valence-corrected chi connectivity index (χ0v) is 13.6. The number of halogens is 2. The third-order valence-electron chi connectivity index (χ3n) is 3.31. The van der Waals surface area contributed by atoms with Crippen LogP contribution in [-0.2, 0) is 4.79 Å². The maximum absolute atomic E-state index is 13.0. The van der Waals surface area contributed by atoms with Gasteiger partial charge in [-0.25, -0.2) is 4.39 Å². The van der Waals surface area contributed by atoms with Gasteiger partial charge >= 0.3 is 0 Å². The van der Waals surface area contributed by atoms with Crippen molar-refractivity contribution in [2.75, 3.05) is 11.9 Å². The molecule has 0 radical (unpaired) electrons. The van der Waals surface area contributed by atoms with Gasteiger partial charge in [0.05, 0.1) is 5.69 Å². The summed E-state index contributed by atoms with van der Waals surface area (Å²) >= 11 is 3.21. The summed E-state index contributed by atoms with van der Waals surface area (Å²) < 4.78 is 19.1. The van der Waals surface area contributed by atoms with E-state index < -0.39 is 0 Å². The molecule has 1 amide bonds. The fourth-order valence-corrected chi connectivity index (χ4v) is 2.69. The van der Waals surface area contributed by atoms with Crippen molar-refractivity contribution in [2.24, 2.45) is 0 Å². The molecule has 3 rings (SSSR count). The molecule has 0 atom stereocenters. The van der Waals surface area contributed by atoms with Crippen LogP contribution in [0.5, 0.6) is 5.75 Å². The van der Waals surface area contributed by atoms with Crippen LogP contribution >= 0.6 is 15.9 Å². The highest BCUT2D eigenvalue weighted by atomic mass is 79.9. The molecule has 5 heteroatoms. The summed E-state index contributed by atoms with van der Waals surface area (Å²) in [6, 6.07) is 17.6. The molecule has 0 spiro atoms. The zero-order valence-electron chi connectivity index (χ0n) is 12.1. The van der Waals surface area contributed by atoms with Crippen molar-refractivity contribution in [3.63, 3.8) is 0 Å². The number of hydrogen-bond acceptors (Lipinski definition) is 2. The second-order valence-electron chi connectivity index (χ2n) is 4.94. The Morgan fingerprint density at radius 1 is 1.09 bits per heavy atom. The quantitative estimate of drug-likeness (QED) is 0.715. The van der Waals surface area contributed by atoms with E-state index in [4.69, 9.17) is 4.74 Å². The van der Waals surface area contributed by atoms with Crippen LogP contribution < -0.4 is 10.1 Å². The van der Waals surface area contributed by atoms with Gasteiger partial charge in [0.2, 0.25) is 0 Å². The van der Waals surface area contributed by atoms with Crippen molar-refractivity contribution in [1.29, 1.82) is 0 Å². The minimum Gasteiger partial charge on any atom is -0.483 e. The van der Waals surface area contributed by atoms with Gasteiger partial charge in [-0.1, -0.05) is 36.4 Å². The minimum absolute atomic E-state index is 0.127. The number of benzene rings is 3. The van der Waals surface area contributed by atoms with Crippen molar-refractivity contribution in [1.82, 2.24) is 0 Å². The molecule has 0 aliphatic rings. The Labute approximate surface area is 141 Å². The largest absolute Gasteiger partial charge is 0.483 e. The average Bonchev–Trinajstić information content (AvgIpc) is 2.55. The van der Waals surface area contributed by atoms with Crippen molar-refractivity contribution >= 4 is 38.3 Å². The van der Waals surface area contributed by atoms with Crippen LogP contribution in [0.4, 0.5) is 10.1 Å². The molecular formula is C18H13BrFNO2. The van der Waals surface area contributed by atoms with Gasteiger partial charge in [-0.2, -0.15) is 0 Å². The van der Waals surface area contributed by atoms with Gasteiger partial charge < -0.3 is 10.1 Å². The van der Waals surface area contributed by atoms with Gasteiger partial charge in [0.25, 0.3) is 5.91 Å². The number of anilines is 1. The lowest BCUT2D eigenvalue weighted by Crippen LogP contribution is -2.20. The number of amides is 1. The van der Waals surface area contributed by atoms with E-state index in [0.29, 0.717) is 15.9 Å². The Kier molecular flexibility index (Phi) is 4.57. The van der Waals surface area contributed by atoms with Gasteiger partial charge in [-0.3, -0.25) is 4.79 Å². The average molecular weight is 374 g/mol. The SMILES string of the molecule is O=C(COc1cccc2ccccc12)Nc1ccc(F)cc1Br. The van der Waals surface area contributed by atoms with Gasteiger partial charge in [0, 0.05) is 9.86 Å². The molecule has 3 aromatic carbocycles. The molecule has 0 aliphatic heterocycles. The molecule has 0 aromatic heterocycles. The van der Waals surface area contributed by atoms with Gasteiger partial charge in [-0.15, -0.1) is 0 Å². The molecular weight excluding hydrogens is 361 g/mol. The molecule has 0 bridgehead atoms. The topological polar surface area (TPSA) is 38.3 Å². The summed E-state index contributed by atoms with van der Waals surface area (Å²) in [4.78, 5) is 12.0. The Morgan fingerprint density at radius 2 is 1.87 bits per heavy atom. The van der Waals surface area contributed by atoms with Crippen molar-refractivity contribution in [3.05, 3.63) is 71.0 Å². The third kappa shape index (κ3) is 3.68. The normalized spacial score (nSPS) is 10.5. The molecule has 0 unspecified atom stereocenters. The van der Waals surface area contributed by atoms with E-state index in [9.17, 15) is 9.18 Å². The van der Waals surface area contributed by atoms with E-state index in [-0.39, 0.29) is 18.3 Å². The minimum atomic E-state index is -0.373. The number of nitrogens with one attached hydrogen (secondary N) is 1. The fourth-order valence-electron chi connectivity index (χ4n) is 2.24. The first-order valence-corrected chi connectivity index (χ1v) is 7.78. The Balaban J connectivity index is 1.69. The Hall–Kier alpha value is -2.40. The van der Waals surface area contributed by atoms with Gasteiger partial charge in [0.15, 0.2) is 6.61 Å². The highest BCUT2D eigenvalue weighted by Gasteiger charge is 2.08. The van der Waals surface area contributed by atoms with E-state index >= 15 is 0 Å². The van der Waals surface area contributed by atoms with Gasteiger partial charge in [0.1, 0.15) is 11.6 Å². The van der Waals surface area contributed by atoms with Crippen LogP contribution in [0.2, 0.25) is 0 Å². The lowest BCUT2D eigenvalue weighted by Gasteiger charge is -2.10. The van der Waals surface area contributed by atoms with E-state index in [2.05, 4.69) is 21.2 Å². The summed E-state index contributed by atoms with van der Waals surface area (Å²) in [5, 5.41) is 4.68. The zero-order chi connectivity index (χ0) is 16.2. The fraction of sp³-hybridized carbons (Fsp3) is 0.0556. The highest BCUT2D eigenvalue weighted by Crippen LogP contribution is 2.26. The number of ether oxygens (including phenoxy) is 1. The maximum atomic E-state index is 13.0. The molecule has 116 valence electrons. The van der Waals surface area contributed by atoms with Crippen LogP contribution in [0.1, 0.15) is 0 Å². The van der Waals surface area contributed by atoms with E-state index in [1.54, 1.807) is 0 Å². The molecule has 0 heterocycles. The maximum Gasteiger partial charge on any atom is 0.262 e. The monoisotopic (exact) mass is 373 g/mol. The molecule has 0 fully saturated rings. The number of rotatable bonds is 4. The Morgan fingerprint density at radius 3 is 2.70 bits per heavy atom. The van der Waals surface area contributed by atoms with Crippen molar-refractivity contribution in [3.8, 4) is 5.75 Å². The van der Waals surface area contributed by atoms with E-state index in [1.807, 2.05) is 42.5 Å². The standard InChI is InChI=1S/C18H13BrFNO2/c19-15-10-13(20)8-9-16(15)21-18(22)11-23-17-7-3-5-12-4-1-2-6-14(12)17/h1-10H,11H2,(H,21,22). The molecule has 0 saturated heterocycles. The highest BCUT2D eigenvalue weighted by molar-refractivity contribution is 9.10. The molecule has 3 nitrogen and oxygen atoms in total. The number of hydrogen-bond donors (Lipinski definition) is 1. The first-order valence-electron chi connectivity index (χ1n) is 6.99. The van der Waals surface area contributed by atoms with Crippen LogP contribution in [0.25, 0.3) is 10.8 Å². The first kappa shape index (κ1) is 15.5. The lowest BCUT2D eigenvalue weighted by atomic mass is 10.1. The van der Waals surface area contributed by atoms with E-state index in [1.165, 1.54) is 18.2 Å². The summed E-state index contributed by atoms with van der Waals surface area (Å²) in [6.45, 7) is -0.127. The van der Waals surface area contributed by atoms with Crippen molar-refractivity contribution in [2.45, 2.75) is 0 Å². The summed E-state index contributed by atoms with van der Waals surface area (Å²) in [7, 11) is 0. The second-order valence-corrected chi connectivity index (χ2v) is 5.79. The van der Waals surface area contributed by atoms with Crippen LogP contribution in [0, 0.1) is 5.82 Å². The molecule has 0 saturated carbocycles. The Bertz CT molecular complexity index is 861. The van der Waals surface area contributed by atoms with Gasteiger partial charge in [-0.05, 0) is 45.6 Å². The molecule has 1 N–H and O–H groups in total. The van der Waals surface area contributed by atoms with Crippen LogP contribution in [0.3, 0.4) is 0 Å². The van der Waals surface area contributed by atoms with Crippen molar-refractivity contribution < 1.29 is 13.9 Å². The predicted octanol–water partition coefficient (Wildman–Crippen LogP) is 4.76. The summed E-state index contributed by atoms with van der Waals surface area (Å²) in [6.07, 6.45) is 0. The second kappa shape index (κ2) is 6.79. The number of fused-ring (bicyclic) bond motifs is 1. The predicted molar refractivity (Wildman–Crippen MR) is 92.2 cm³/mol. The van der Waals surface area contributed by atoms with E-state index in [0.717, 1.165) is 10.8 Å². The third-order valence-corrected chi connectivity index (χ3v) is 3.97. The summed E-state index contributed by atoms with van der Waals surface area (Å²) in [5.74, 6) is -0.0384. The number of carbonyl (C=O) groups is 1. The van der Waals surface area contributed by atoms with Crippen LogP contribution in [0.15, 0.2) is 65.1 Å². The smallest absolute Gasteiger partial charge is 0.262 e. The molecule has 3 aromatic rings.